The molecular formula is C21H33NO. The van der Waals surface area contributed by atoms with Gasteiger partial charge in [0.2, 0.25) is 0 Å². The van der Waals surface area contributed by atoms with Crippen molar-refractivity contribution in [2.24, 2.45) is 40.4 Å². The third kappa shape index (κ3) is 2.08. The number of nitrogens with zero attached hydrogens (tertiary/aromatic N) is 1. The zero-order chi connectivity index (χ0) is 16.2. The highest BCUT2D eigenvalue weighted by Gasteiger charge is 2.63. The summed E-state index contributed by atoms with van der Waals surface area (Å²) in [5.74, 6) is 3.48. The highest BCUT2D eigenvalue weighted by Crippen LogP contribution is 2.67. The zero-order valence-electron chi connectivity index (χ0n) is 15.2. The third-order valence-electron chi connectivity index (χ3n) is 8.95. The molecule has 0 aromatic carbocycles. The van der Waals surface area contributed by atoms with E-state index in [1.54, 1.807) is 0 Å². The van der Waals surface area contributed by atoms with Crippen LogP contribution in [-0.4, -0.2) is 13.2 Å². The van der Waals surface area contributed by atoms with Crippen LogP contribution in [0.5, 0.6) is 0 Å². The second kappa shape index (κ2) is 5.48. The van der Waals surface area contributed by atoms with Gasteiger partial charge in [-0.25, -0.2) is 0 Å². The molecule has 0 saturated heterocycles. The molecule has 0 aliphatic heterocycles. The van der Waals surface area contributed by atoms with Crippen LogP contribution < -0.4 is 0 Å². The molecule has 0 spiro atoms. The molecule has 2 heteroatoms. The average Bonchev–Trinajstić information content (AvgIpc) is 2.89. The van der Waals surface area contributed by atoms with Gasteiger partial charge >= 0.3 is 0 Å². The van der Waals surface area contributed by atoms with Crippen LogP contribution in [0.2, 0.25) is 0 Å². The van der Waals surface area contributed by atoms with Gasteiger partial charge in [-0.3, -0.25) is 0 Å². The molecule has 8 unspecified atom stereocenters. The predicted octanol–water partition coefficient (Wildman–Crippen LogP) is 5.18. The van der Waals surface area contributed by atoms with Crippen LogP contribution in [0.25, 0.3) is 0 Å². The van der Waals surface area contributed by atoms with E-state index in [9.17, 15) is 5.26 Å². The molecule has 0 aromatic heterocycles. The minimum Gasteiger partial charge on any atom is -0.381 e. The summed E-state index contributed by atoms with van der Waals surface area (Å²) in [6, 6.07) is 2.65. The van der Waals surface area contributed by atoms with Crippen LogP contribution in [0.4, 0.5) is 0 Å². The fourth-order valence-electron chi connectivity index (χ4n) is 7.82. The van der Waals surface area contributed by atoms with Crippen molar-refractivity contribution in [1.82, 2.24) is 0 Å². The lowest BCUT2D eigenvalue weighted by atomic mass is 9.44. The third-order valence-corrected chi connectivity index (χ3v) is 8.95. The standard InChI is InChI=1S/C21H33NO/c1-20-11-5-4-6-14(20)7-9-16-17-10-8-15(13-22)21(17,2)12-18(23-3)19(16)20/h14-19H,4-12H2,1-3H3. The van der Waals surface area contributed by atoms with Crippen molar-refractivity contribution >= 4 is 0 Å². The Labute approximate surface area is 142 Å². The quantitative estimate of drug-likeness (QED) is 0.667. The summed E-state index contributed by atoms with van der Waals surface area (Å²) in [5, 5.41) is 9.67. The van der Waals surface area contributed by atoms with Crippen LogP contribution in [-0.2, 0) is 4.74 Å². The van der Waals surface area contributed by atoms with Crippen molar-refractivity contribution in [3.63, 3.8) is 0 Å². The minimum absolute atomic E-state index is 0.203. The normalized spacial score (nSPS) is 55.4. The molecule has 0 heterocycles. The Morgan fingerprint density at radius 2 is 1.83 bits per heavy atom. The van der Waals surface area contributed by atoms with E-state index < -0.39 is 0 Å². The van der Waals surface area contributed by atoms with E-state index in [2.05, 4.69) is 19.9 Å². The maximum atomic E-state index is 9.67. The first-order valence-corrected chi connectivity index (χ1v) is 9.97. The summed E-state index contributed by atoms with van der Waals surface area (Å²) in [4.78, 5) is 0. The second-order valence-corrected chi connectivity index (χ2v) is 9.57. The molecule has 0 aromatic rings. The van der Waals surface area contributed by atoms with Gasteiger partial charge in [0.25, 0.3) is 0 Å². The Hall–Kier alpha value is -0.550. The summed E-state index contributed by atoms with van der Waals surface area (Å²) in [7, 11) is 1.93. The summed E-state index contributed by atoms with van der Waals surface area (Å²) in [5.41, 5.74) is 0.697. The smallest absolute Gasteiger partial charge is 0.0661 e. The first kappa shape index (κ1) is 15.9. The van der Waals surface area contributed by atoms with Crippen LogP contribution in [0.15, 0.2) is 0 Å². The SMILES string of the molecule is COC1CC2(C)C(C#N)CCC2C2CCC3CCCCC3(C)C12. The number of fused-ring (bicyclic) bond motifs is 5. The first-order chi connectivity index (χ1) is 11.0. The molecule has 8 atom stereocenters. The first-order valence-electron chi connectivity index (χ1n) is 9.97. The van der Waals surface area contributed by atoms with Crippen molar-refractivity contribution in [2.45, 2.75) is 77.7 Å². The van der Waals surface area contributed by atoms with Gasteiger partial charge in [0.15, 0.2) is 0 Å². The summed E-state index contributed by atoms with van der Waals surface area (Å²) >= 11 is 0. The van der Waals surface area contributed by atoms with E-state index in [-0.39, 0.29) is 11.3 Å². The number of rotatable bonds is 1. The Bertz CT molecular complexity index is 510. The van der Waals surface area contributed by atoms with E-state index in [0.717, 1.165) is 36.5 Å². The molecule has 4 fully saturated rings. The molecule has 23 heavy (non-hydrogen) atoms. The summed E-state index contributed by atoms with van der Waals surface area (Å²) in [6.45, 7) is 5.01. The summed E-state index contributed by atoms with van der Waals surface area (Å²) in [6.07, 6.45) is 12.4. The molecule has 0 amide bonds. The molecule has 0 radical (unpaired) electrons. The topological polar surface area (TPSA) is 33.0 Å². The fourth-order valence-corrected chi connectivity index (χ4v) is 7.82. The van der Waals surface area contributed by atoms with Crippen molar-refractivity contribution in [3.8, 4) is 6.07 Å². The summed E-state index contributed by atoms with van der Waals surface area (Å²) < 4.78 is 6.13. The highest BCUT2D eigenvalue weighted by atomic mass is 16.5. The minimum atomic E-state index is 0.203. The molecule has 0 bridgehead atoms. The maximum absolute atomic E-state index is 9.67. The fraction of sp³-hybridized carbons (Fsp3) is 0.952. The number of hydrogen-bond donors (Lipinski definition) is 0. The Morgan fingerprint density at radius 3 is 2.57 bits per heavy atom. The Morgan fingerprint density at radius 1 is 1.00 bits per heavy atom. The van der Waals surface area contributed by atoms with Crippen LogP contribution >= 0.6 is 0 Å². The van der Waals surface area contributed by atoms with E-state index >= 15 is 0 Å². The molecule has 4 aliphatic carbocycles. The zero-order valence-corrected chi connectivity index (χ0v) is 15.2. The van der Waals surface area contributed by atoms with Gasteiger partial charge in [-0.1, -0.05) is 26.7 Å². The van der Waals surface area contributed by atoms with Gasteiger partial charge in [-0.05, 0) is 79.4 Å². The van der Waals surface area contributed by atoms with E-state index in [0.29, 0.717) is 11.5 Å². The predicted molar refractivity (Wildman–Crippen MR) is 91.6 cm³/mol. The van der Waals surface area contributed by atoms with Crippen LogP contribution in [0.1, 0.15) is 71.6 Å². The van der Waals surface area contributed by atoms with Gasteiger partial charge in [-0.2, -0.15) is 5.26 Å². The Balaban J connectivity index is 1.72. The second-order valence-electron chi connectivity index (χ2n) is 9.57. The average molecular weight is 316 g/mol. The van der Waals surface area contributed by atoms with E-state index in [1.165, 1.54) is 44.9 Å². The number of ether oxygens (including phenoxy) is 1. The molecule has 2 nitrogen and oxygen atoms in total. The van der Waals surface area contributed by atoms with Crippen LogP contribution in [0.3, 0.4) is 0 Å². The van der Waals surface area contributed by atoms with Crippen molar-refractivity contribution in [1.29, 1.82) is 5.26 Å². The maximum Gasteiger partial charge on any atom is 0.0661 e. The number of methoxy groups -OCH3 is 1. The molecule has 0 N–H and O–H groups in total. The van der Waals surface area contributed by atoms with Gasteiger partial charge in [0.05, 0.1) is 18.1 Å². The van der Waals surface area contributed by atoms with E-state index in [4.69, 9.17) is 4.74 Å². The van der Waals surface area contributed by atoms with Crippen molar-refractivity contribution in [2.75, 3.05) is 7.11 Å². The van der Waals surface area contributed by atoms with Gasteiger partial charge < -0.3 is 4.74 Å². The molecule has 128 valence electrons. The Kier molecular flexibility index (Phi) is 3.80. The largest absolute Gasteiger partial charge is 0.381 e. The molecule has 4 rings (SSSR count). The van der Waals surface area contributed by atoms with Gasteiger partial charge in [0.1, 0.15) is 0 Å². The van der Waals surface area contributed by atoms with E-state index in [1.807, 2.05) is 7.11 Å². The molecule has 4 saturated carbocycles. The monoisotopic (exact) mass is 315 g/mol. The van der Waals surface area contributed by atoms with Crippen molar-refractivity contribution < 1.29 is 4.74 Å². The lowest BCUT2D eigenvalue weighted by molar-refractivity contribution is -0.175. The number of nitriles is 1. The number of hydrogen-bond acceptors (Lipinski definition) is 2. The molecule has 4 aliphatic rings. The van der Waals surface area contributed by atoms with Crippen molar-refractivity contribution in [3.05, 3.63) is 0 Å². The lowest BCUT2D eigenvalue weighted by Crippen LogP contribution is -2.58. The lowest BCUT2D eigenvalue weighted by Gasteiger charge is -2.62. The molecular weight excluding hydrogens is 282 g/mol. The highest BCUT2D eigenvalue weighted by molar-refractivity contribution is 5.14. The van der Waals surface area contributed by atoms with Crippen LogP contribution in [0, 0.1) is 51.8 Å². The van der Waals surface area contributed by atoms with Gasteiger partial charge in [0, 0.05) is 7.11 Å². The van der Waals surface area contributed by atoms with Gasteiger partial charge in [-0.15, -0.1) is 0 Å².